The fraction of sp³-hybridized carbons (Fsp3) is 0.333. The summed E-state index contributed by atoms with van der Waals surface area (Å²) in [5.74, 6) is 0. The molecule has 0 saturated carbocycles. The predicted octanol–water partition coefficient (Wildman–Crippen LogP) is 6.33. The Balaban J connectivity index is 0.000000709. The highest BCUT2D eigenvalue weighted by molar-refractivity contribution is 7.31. The third-order valence-corrected chi connectivity index (χ3v) is 5.39. The van der Waals surface area contributed by atoms with Crippen molar-refractivity contribution in [1.29, 1.82) is 0 Å². The maximum Gasteiger partial charge on any atom is 0.692 e. The largest absolute Gasteiger partial charge is 0.692 e. The molecule has 0 spiro atoms. The van der Waals surface area contributed by atoms with Crippen LogP contribution in [0.5, 0.6) is 0 Å². The van der Waals surface area contributed by atoms with E-state index in [2.05, 4.69) is 108 Å². The zero-order chi connectivity index (χ0) is 27.7. The van der Waals surface area contributed by atoms with Gasteiger partial charge in [-0.25, -0.2) is 0 Å². The van der Waals surface area contributed by atoms with Crippen molar-refractivity contribution in [3.05, 3.63) is 83.4 Å². The molecule has 0 aliphatic rings. The third kappa shape index (κ3) is 10.3. The molecule has 0 fully saturated rings. The molecule has 0 heterocycles. The van der Waals surface area contributed by atoms with Crippen LogP contribution in [0.25, 0.3) is 22.3 Å². The van der Waals surface area contributed by atoms with Crippen LogP contribution in [0.3, 0.4) is 0 Å². The molecular weight excluding hydrogens is 496 g/mol. The molecule has 0 aliphatic carbocycles. The smallest absolute Gasteiger partial charge is 0.326 e. The molecule has 9 heteroatoms. The van der Waals surface area contributed by atoms with E-state index in [0.29, 0.717) is 6.54 Å². The lowest BCUT2D eigenvalue weighted by molar-refractivity contribution is 0.403. The van der Waals surface area contributed by atoms with Gasteiger partial charge < -0.3 is 5.73 Å². The van der Waals surface area contributed by atoms with Crippen molar-refractivity contribution >= 4 is 16.5 Å². The van der Waals surface area contributed by atoms with E-state index in [4.69, 9.17) is 34.4 Å². The quantitative estimate of drug-likeness (QED) is 0.248. The van der Waals surface area contributed by atoms with Gasteiger partial charge in [-0.2, -0.15) is 0 Å². The summed E-state index contributed by atoms with van der Waals surface area (Å²) in [6.45, 7) is 14.2. The molecule has 0 atom stereocenters. The van der Waals surface area contributed by atoms with Crippen molar-refractivity contribution in [2.24, 2.45) is 5.73 Å². The fourth-order valence-corrected chi connectivity index (χ4v) is 3.69. The first kappa shape index (κ1) is 31.7. The Morgan fingerprint density at radius 3 is 1.47 bits per heavy atom. The van der Waals surface area contributed by atoms with Crippen LogP contribution in [0.4, 0.5) is 0 Å². The first-order chi connectivity index (χ1) is 16.6. The Hall–Kier alpha value is -2.34. The van der Waals surface area contributed by atoms with Gasteiger partial charge in [0.2, 0.25) is 0 Å². The predicted molar refractivity (Wildman–Crippen MR) is 147 cm³/mol. The average molecular weight is 534 g/mol. The molecule has 0 radical (unpaired) electrons. The maximum atomic E-state index is 8.70. The molecule has 0 saturated heterocycles. The molecule has 0 bridgehead atoms. The van der Waals surface area contributed by atoms with Crippen LogP contribution in [0, 0.1) is 0 Å². The van der Waals surface area contributed by atoms with Gasteiger partial charge in [0.15, 0.2) is 0 Å². The van der Waals surface area contributed by atoms with E-state index in [9.17, 15) is 0 Å². The van der Waals surface area contributed by atoms with Crippen LogP contribution in [0.2, 0.25) is 0 Å². The Morgan fingerprint density at radius 2 is 1.08 bits per heavy atom. The van der Waals surface area contributed by atoms with Gasteiger partial charge in [-0.3, -0.25) is 0 Å². The van der Waals surface area contributed by atoms with E-state index >= 15 is 0 Å². The number of nitrogens with two attached hydrogens (primary N) is 1. The van der Waals surface area contributed by atoms with Crippen molar-refractivity contribution in [2.75, 3.05) is 0 Å². The van der Waals surface area contributed by atoms with Crippen LogP contribution in [-0.4, -0.2) is 19.6 Å². The van der Waals surface area contributed by atoms with Gasteiger partial charge in [0.1, 0.15) is 0 Å². The van der Waals surface area contributed by atoms with E-state index in [1.54, 1.807) is 0 Å². The Morgan fingerprint density at radius 1 is 0.667 bits per heavy atom. The van der Waals surface area contributed by atoms with Gasteiger partial charge in [-0.1, -0.05) is 108 Å². The minimum Gasteiger partial charge on any atom is -0.326 e. The first-order valence-electron chi connectivity index (χ1n) is 11.3. The van der Waals surface area contributed by atoms with Gasteiger partial charge in [-0.05, 0) is 49.8 Å². The summed E-state index contributed by atoms with van der Waals surface area (Å²) in [7, 11) is -5.74. The van der Waals surface area contributed by atoms with Crippen LogP contribution in [-0.2, 0) is 26.5 Å². The SMILES string of the molecule is CC(C)(C)c1cc(CN)c(-c2ccc(-c3ccccc3)cc2)c(C(C)(C)C)c1.O=[P+](O)O.O=[P+](O)O. The van der Waals surface area contributed by atoms with Crippen molar-refractivity contribution in [2.45, 2.75) is 58.9 Å². The monoisotopic (exact) mass is 533 g/mol. The maximum absolute atomic E-state index is 8.70. The van der Waals surface area contributed by atoms with Crippen LogP contribution in [0.1, 0.15) is 58.2 Å². The zero-order valence-electron chi connectivity index (χ0n) is 21.6. The summed E-state index contributed by atoms with van der Waals surface area (Å²) in [6, 6.07) is 24.1. The lowest BCUT2D eigenvalue weighted by atomic mass is 9.75. The molecule has 0 aliphatic heterocycles. The molecule has 0 aromatic heterocycles. The van der Waals surface area contributed by atoms with Gasteiger partial charge in [0, 0.05) is 15.7 Å². The molecular formula is C27H37NO6P2+2. The summed E-state index contributed by atoms with van der Waals surface area (Å²) in [5, 5.41) is 0. The second kappa shape index (κ2) is 13.8. The molecule has 0 amide bonds. The highest BCUT2D eigenvalue weighted by atomic mass is 31.1. The lowest BCUT2D eigenvalue weighted by Crippen LogP contribution is -2.19. The number of hydrogen-bond acceptors (Lipinski definition) is 3. The molecule has 7 nitrogen and oxygen atoms in total. The topological polar surface area (TPSA) is 141 Å². The Kier molecular flexibility index (Phi) is 12.2. The normalized spacial score (nSPS) is 11.0. The van der Waals surface area contributed by atoms with Crippen molar-refractivity contribution in [1.82, 2.24) is 0 Å². The van der Waals surface area contributed by atoms with E-state index in [1.807, 2.05) is 0 Å². The molecule has 3 aromatic rings. The second-order valence-electron chi connectivity index (χ2n) is 10.2. The van der Waals surface area contributed by atoms with Gasteiger partial charge in [0.25, 0.3) is 0 Å². The molecule has 36 heavy (non-hydrogen) atoms. The van der Waals surface area contributed by atoms with Gasteiger partial charge in [0.05, 0.1) is 0 Å². The fourth-order valence-electron chi connectivity index (χ4n) is 3.69. The summed E-state index contributed by atoms with van der Waals surface area (Å²) in [5.41, 5.74) is 15.3. The Bertz CT molecular complexity index is 1130. The van der Waals surface area contributed by atoms with Crippen molar-refractivity contribution < 1.29 is 28.7 Å². The van der Waals surface area contributed by atoms with Gasteiger partial charge in [-0.15, -0.1) is 19.6 Å². The Labute approximate surface area is 215 Å². The molecule has 194 valence electrons. The minimum atomic E-state index is -2.87. The number of hydrogen-bond donors (Lipinski definition) is 5. The van der Waals surface area contributed by atoms with Gasteiger partial charge >= 0.3 is 16.5 Å². The van der Waals surface area contributed by atoms with E-state index in [-0.39, 0.29) is 10.8 Å². The molecule has 3 aromatic carbocycles. The second-order valence-corrected chi connectivity index (χ2v) is 11.2. The summed E-state index contributed by atoms with van der Waals surface area (Å²) in [4.78, 5) is 28.5. The zero-order valence-corrected chi connectivity index (χ0v) is 23.4. The van der Waals surface area contributed by atoms with Crippen LogP contribution in [0.15, 0.2) is 66.7 Å². The van der Waals surface area contributed by atoms with E-state index in [0.717, 1.165) is 0 Å². The van der Waals surface area contributed by atoms with Crippen LogP contribution < -0.4 is 5.73 Å². The van der Waals surface area contributed by atoms with Crippen molar-refractivity contribution in [3.63, 3.8) is 0 Å². The highest BCUT2D eigenvalue weighted by Gasteiger charge is 2.25. The van der Waals surface area contributed by atoms with Crippen LogP contribution >= 0.6 is 16.5 Å². The lowest BCUT2D eigenvalue weighted by Gasteiger charge is -2.30. The van der Waals surface area contributed by atoms with E-state index in [1.165, 1.54) is 38.9 Å². The third-order valence-electron chi connectivity index (χ3n) is 5.39. The highest BCUT2D eigenvalue weighted by Crippen LogP contribution is 2.39. The number of benzene rings is 3. The molecule has 3 rings (SSSR count). The van der Waals surface area contributed by atoms with Crippen molar-refractivity contribution in [3.8, 4) is 22.3 Å². The number of rotatable bonds is 3. The molecule has 6 N–H and O–H groups in total. The average Bonchev–Trinajstić information content (AvgIpc) is 2.77. The first-order valence-corrected chi connectivity index (χ1v) is 13.6. The summed E-state index contributed by atoms with van der Waals surface area (Å²) in [6.07, 6.45) is 0. The van der Waals surface area contributed by atoms with E-state index < -0.39 is 16.5 Å². The molecule has 0 unspecified atom stereocenters. The minimum absolute atomic E-state index is 0.0403. The standard InChI is InChI=1S/C27H33N.2HO3P/c1-26(2,3)23-16-22(18-28)25(24(17-23)27(4,5)6)21-14-12-20(13-15-21)19-10-8-7-9-11-19;2*1-4(2)3/h7-17H,18,28H2,1-6H3;2*(H-,1,2,3)/p+2. The summed E-state index contributed by atoms with van der Waals surface area (Å²) >= 11 is 0. The summed E-state index contributed by atoms with van der Waals surface area (Å²) < 4.78 is 17.4.